The molecule has 1 fully saturated rings. The minimum absolute atomic E-state index is 0. The first-order valence-electron chi connectivity index (χ1n) is 12.1. The number of morpholine rings is 1. The van der Waals surface area contributed by atoms with Crippen LogP contribution in [0.4, 0.5) is 11.4 Å². The van der Waals surface area contributed by atoms with Gasteiger partial charge in [-0.3, -0.25) is 4.90 Å². The predicted octanol–water partition coefficient (Wildman–Crippen LogP) is 6.68. The Morgan fingerprint density at radius 2 is 1.06 bits per heavy atom. The first kappa shape index (κ1) is 30.7. The molecule has 4 N–H and O–H groups in total. The topological polar surface area (TPSA) is 69.4 Å². The third-order valence-electron chi connectivity index (χ3n) is 6.63. The van der Waals surface area contributed by atoms with Crippen molar-refractivity contribution in [2.45, 2.75) is 57.9 Å². The van der Waals surface area contributed by atoms with Crippen molar-refractivity contribution in [2.24, 2.45) is 0 Å². The van der Waals surface area contributed by atoms with Crippen LogP contribution in [-0.2, 0) is 11.3 Å². The van der Waals surface area contributed by atoms with Crippen LogP contribution in [0.15, 0.2) is 36.4 Å². The molecule has 34 heavy (non-hydrogen) atoms. The number of benzene rings is 2. The highest BCUT2D eigenvalue weighted by Crippen LogP contribution is 2.32. The van der Waals surface area contributed by atoms with E-state index in [1.165, 1.54) is 79.7 Å². The first-order chi connectivity index (χ1) is 15.2. The molecule has 3 aromatic rings. The molecule has 0 saturated carbocycles. The van der Waals surface area contributed by atoms with Gasteiger partial charge in [-0.15, -0.1) is 37.2 Å². The molecule has 0 amide bonds. The van der Waals surface area contributed by atoms with E-state index in [4.69, 9.17) is 16.2 Å². The second-order valence-corrected chi connectivity index (χ2v) is 8.99. The van der Waals surface area contributed by atoms with Crippen molar-refractivity contribution in [3.05, 3.63) is 36.4 Å². The highest BCUT2D eigenvalue weighted by molar-refractivity contribution is 6.09. The minimum atomic E-state index is 0. The van der Waals surface area contributed by atoms with Crippen molar-refractivity contribution >= 4 is 70.4 Å². The highest BCUT2D eigenvalue weighted by Gasteiger charge is 2.11. The van der Waals surface area contributed by atoms with Crippen molar-refractivity contribution in [3.63, 3.8) is 0 Å². The first-order valence-corrected chi connectivity index (χ1v) is 12.1. The van der Waals surface area contributed by atoms with Gasteiger partial charge in [0, 0.05) is 41.8 Å². The van der Waals surface area contributed by atoms with Gasteiger partial charge in [0.05, 0.1) is 24.2 Å². The number of halogens is 3. The number of nitrogen functional groups attached to an aromatic ring is 2. The molecular formula is C26H41Cl3N4O. The number of ether oxygens (including phenoxy) is 1. The summed E-state index contributed by atoms with van der Waals surface area (Å²) in [6.45, 7) is 6.32. The van der Waals surface area contributed by atoms with Crippen molar-refractivity contribution in [1.29, 1.82) is 0 Å². The Hall–Kier alpha value is -1.37. The van der Waals surface area contributed by atoms with E-state index in [-0.39, 0.29) is 37.2 Å². The zero-order valence-electron chi connectivity index (χ0n) is 20.0. The van der Waals surface area contributed by atoms with Crippen LogP contribution in [0, 0.1) is 0 Å². The Morgan fingerprint density at radius 3 is 1.56 bits per heavy atom. The molecule has 1 saturated heterocycles. The van der Waals surface area contributed by atoms with E-state index in [9.17, 15) is 0 Å². The lowest BCUT2D eigenvalue weighted by Crippen LogP contribution is -2.36. The van der Waals surface area contributed by atoms with Gasteiger partial charge in [0.25, 0.3) is 0 Å². The fourth-order valence-electron chi connectivity index (χ4n) is 4.86. The molecule has 1 aliphatic rings. The Kier molecular flexibility index (Phi) is 14.1. The summed E-state index contributed by atoms with van der Waals surface area (Å²) in [5, 5.41) is 2.53. The number of anilines is 2. The second kappa shape index (κ2) is 15.6. The van der Waals surface area contributed by atoms with Gasteiger partial charge in [-0.05, 0) is 43.7 Å². The van der Waals surface area contributed by atoms with Gasteiger partial charge in [0.2, 0.25) is 0 Å². The molecular weight excluding hydrogens is 491 g/mol. The number of unbranched alkanes of at least 4 members (excludes halogenated alkanes) is 7. The lowest BCUT2D eigenvalue weighted by atomic mass is 10.1. The Morgan fingerprint density at radius 1 is 0.618 bits per heavy atom. The summed E-state index contributed by atoms with van der Waals surface area (Å²) < 4.78 is 7.82. The predicted molar refractivity (Wildman–Crippen MR) is 154 cm³/mol. The average molecular weight is 532 g/mol. The highest BCUT2D eigenvalue weighted by atomic mass is 35.5. The number of nitrogens with two attached hydrogens (primary N) is 2. The van der Waals surface area contributed by atoms with E-state index in [2.05, 4.69) is 33.7 Å². The summed E-state index contributed by atoms with van der Waals surface area (Å²) in [7, 11) is 0. The lowest BCUT2D eigenvalue weighted by molar-refractivity contribution is 0.0371. The number of rotatable bonds is 11. The monoisotopic (exact) mass is 530 g/mol. The van der Waals surface area contributed by atoms with Gasteiger partial charge < -0.3 is 20.8 Å². The quantitative estimate of drug-likeness (QED) is 0.214. The fourth-order valence-corrected chi connectivity index (χ4v) is 4.86. The third kappa shape index (κ3) is 8.10. The van der Waals surface area contributed by atoms with Crippen molar-refractivity contribution in [1.82, 2.24) is 9.47 Å². The summed E-state index contributed by atoms with van der Waals surface area (Å²) in [4.78, 5) is 2.54. The van der Waals surface area contributed by atoms with Crippen LogP contribution in [0.2, 0.25) is 0 Å². The molecule has 1 aliphatic heterocycles. The van der Waals surface area contributed by atoms with Gasteiger partial charge in [-0.1, -0.05) is 50.7 Å². The molecule has 5 nitrogen and oxygen atoms in total. The van der Waals surface area contributed by atoms with E-state index < -0.39 is 0 Å². The van der Waals surface area contributed by atoms with E-state index in [0.29, 0.717) is 0 Å². The molecule has 2 heterocycles. The average Bonchev–Trinajstić information content (AvgIpc) is 3.07. The third-order valence-corrected chi connectivity index (χ3v) is 6.63. The van der Waals surface area contributed by atoms with Crippen LogP contribution in [0.3, 0.4) is 0 Å². The summed E-state index contributed by atoms with van der Waals surface area (Å²) in [5.41, 5.74) is 16.3. The number of hydrogen-bond donors (Lipinski definition) is 2. The number of nitrogens with zero attached hydrogens (tertiary/aromatic N) is 2. The zero-order chi connectivity index (χ0) is 21.5. The summed E-state index contributed by atoms with van der Waals surface area (Å²) >= 11 is 0. The van der Waals surface area contributed by atoms with E-state index in [1.54, 1.807) is 0 Å². The van der Waals surface area contributed by atoms with Crippen LogP contribution >= 0.6 is 37.2 Å². The summed E-state index contributed by atoms with van der Waals surface area (Å²) in [6.07, 6.45) is 10.6. The molecule has 8 heteroatoms. The summed E-state index contributed by atoms with van der Waals surface area (Å²) in [6, 6.07) is 12.5. The number of hydrogen-bond acceptors (Lipinski definition) is 4. The SMILES string of the molecule is Cl.Cl.Cl.Nc1ccc2c3ccc(N)cc3n(CCCCCCCCCCN3CCOCC3)c2c1. The molecule has 0 aliphatic carbocycles. The van der Waals surface area contributed by atoms with Crippen molar-refractivity contribution in [2.75, 3.05) is 44.3 Å². The molecule has 192 valence electrons. The fraction of sp³-hybridized carbons (Fsp3) is 0.538. The summed E-state index contributed by atoms with van der Waals surface area (Å²) in [5.74, 6) is 0. The van der Waals surface area contributed by atoms with E-state index in [1.807, 2.05) is 12.1 Å². The molecule has 1 aromatic heterocycles. The number of aryl methyl sites for hydroxylation is 1. The minimum Gasteiger partial charge on any atom is -0.399 e. The van der Waals surface area contributed by atoms with Crippen molar-refractivity contribution < 1.29 is 4.74 Å². The largest absolute Gasteiger partial charge is 0.399 e. The normalized spacial score (nSPS) is 13.9. The van der Waals surface area contributed by atoms with Crippen LogP contribution < -0.4 is 11.5 Å². The maximum absolute atomic E-state index is 6.08. The van der Waals surface area contributed by atoms with Crippen LogP contribution in [0.1, 0.15) is 51.4 Å². The maximum Gasteiger partial charge on any atom is 0.0594 e. The van der Waals surface area contributed by atoms with Gasteiger partial charge in [0.1, 0.15) is 0 Å². The van der Waals surface area contributed by atoms with Crippen LogP contribution in [-0.4, -0.2) is 42.3 Å². The van der Waals surface area contributed by atoms with E-state index in [0.717, 1.165) is 44.2 Å². The lowest BCUT2D eigenvalue weighted by Gasteiger charge is -2.26. The molecule has 0 unspecified atom stereocenters. The molecule has 0 bridgehead atoms. The van der Waals surface area contributed by atoms with Crippen LogP contribution in [0.5, 0.6) is 0 Å². The van der Waals surface area contributed by atoms with Gasteiger partial charge in [-0.2, -0.15) is 0 Å². The molecule has 0 radical (unpaired) electrons. The Bertz CT molecular complexity index is 930. The smallest absolute Gasteiger partial charge is 0.0594 e. The standard InChI is InChI=1S/C26H38N4O.3ClH/c27-21-9-11-23-24-12-10-22(28)20-26(24)30(25(23)19-21)14-8-6-4-2-1-3-5-7-13-29-15-17-31-18-16-29;;;/h9-12,19-20H,1-8,13-18,27-28H2;3*1H. The Balaban J connectivity index is 0.00000193. The molecule has 4 rings (SSSR count). The maximum atomic E-state index is 6.08. The van der Waals surface area contributed by atoms with Gasteiger partial charge >= 0.3 is 0 Å². The van der Waals surface area contributed by atoms with Gasteiger partial charge in [0.15, 0.2) is 0 Å². The zero-order valence-corrected chi connectivity index (χ0v) is 22.5. The number of fused-ring (bicyclic) bond motifs is 3. The molecule has 0 spiro atoms. The van der Waals surface area contributed by atoms with E-state index >= 15 is 0 Å². The second-order valence-electron chi connectivity index (χ2n) is 8.99. The van der Waals surface area contributed by atoms with Gasteiger partial charge in [-0.25, -0.2) is 0 Å². The molecule has 2 aromatic carbocycles. The van der Waals surface area contributed by atoms with Crippen LogP contribution in [0.25, 0.3) is 21.8 Å². The number of aromatic nitrogens is 1. The Labute approximate surface area is 222 Å². The molecule has 0 atom stereocenters. The van der Waals surface area contributed by atoms with Crippen molar-refractivity contribution in [3.8, 4) is 0 Å².